The predicted octanol–water partition coefficient (Wildman–Crippen LogP) is 1.40. The summed E-state index contributed by atoms with van der Waals surface area (Å²) in [6.07, 6.45) is 0. The molecule has 0 aliphatic rings. The molecule has 2 rings (SSSR count). The number of anilines is 2. The molecule has 0 fully saturated rings. The summed E-state index contributed by atoms with van der Waals surface area (Å²) in [7, 11) is 1.29. The predicted molar refractivity (Wildman–Crippen MR) is 71.3 cm³/mol. The first kappa shape index (κ1) is 13.1. The number of aryl methyl sites for hydroxylation is 1. The first-order valence-electron chi connectivity index (χ1n) is 5.31. The Morgan fingerprint density at radius 3 is 2.84 bits per heavy atom. The molecule has 19 heavy (non-hydrogen) atoms. The molecule has 1 amide bonds. The number of thiophene rings is 1. The fourth-order valence-corrected chi connectivity index (χ4v) is 2.40. The van der Waals surface area contributed by atoms with E-state index >= 15 is 0 Å². The smallest absolute Gasteiger partial charge is 0.350 e. The van der Waals surface area contributed by atoms with Gasteiger partial charge < -0.3 is 15.8 Å². The van der Waals surface area contributed by atoms with Crippen LogP contribution in [0.4, 0.5) is 11.5 Å². The molecule has 2 heterocycles. The summed E-state index contributed by atoms with van der Waals surface area (Å²) in [4.78, 5) is 23.9. The van der Waals surface area contributed by atoms with Crippen LogP contribution in [0, 0.1) is 6.92 Å². The molecule has 7 nitrogen and oxygen atoms in total. The van der Waals surface area contributed by atoms with E-state index in [1.807, 2.05) is 0 Å². The molecule has 0 unspecified atom stereocenters. The van der Waals surface area contributed by atoms with Crippen LogP contribution in [0.15, 0.2) is 11.4 Å². The van der Waals surface area contributed by atoms with Gasteiger partial charge in [0.1, 0.15) is 16.4 Å². The van der Waals surface area contributed by atoms with Gasteiger partial charge in [0.15, 0.2) is 0 Å². The van der Waals surface area contributed by atoms with E-state index in [0.717, 1.165) is 5.56 Å². The minimum Gasteiger partial charge on any atom is -0.465 e. The summed E-state index contributed by atoms with van der Waals surface area (Å²) >= 11 is 1.21. The van der Waals surface area contributed by atoms with Crippen LogP contribution in [-0.2, 0) is 4.74 Å². The van der Waals surface area contributed by atoms with Crippen molar-refractivity contribution in [1.82, 2.24) is 10.2 Å². The lowest BCUT2D eigenvalue weighted by Gasteiger charge is -2.05. The maximum Gasteiger partial charge on any atom is 0.350 e. The van der Waals surface area contributed by atoms with Crippen LogP contribution >= 0.6 is 11.3 Å². The van der Waals surface area contributed by atoms with Gasteiger partial charge in [-0.3, -0.25) is 9.89 Å². The number of nitrogens with zero attached hydrogens (tertiary/aromatic N) is 1. The van der Waals surface area contributed by atoms with Gasteiger partial charge in [-0.2, -0.15) is 5.10 Å². The SMILES string of the molecule is COC(=O)c1scc(C)c1NC(=O)c1cc(N)n[nH]1. The maximum atomic E-state index is 12.0. The molecule has 4 N–H and O–H groups in total. The number of carbonyl (C=O) groups excluding carboxylic acids is 2. The van der Waals surface area contributed by atoms with Gasteiger partial charge in [-0.05, 0) is 17.9 Å². The molecule has 0 aliphatic carbocycles. The summed E-state index contributed by atoms with van der Waals surface area (Å²) in [5, 5.41) is 10.6. The van der Waals surface area contributed by atoms with E-state index in [2.05, 4.69) is 20.3 Å². The molecule has 2 aromatic heterocycles. The number of methoxy groups -OCH3 is 1. The summed E-state index contributed by atoms with van der Waals surface area (Å²) in [6, 6.07) is 1.41. The van der Waals surface area contributed by atoms with Crippen molar-refractivity contribution in [1.29, 1.82) is 0 Å². The standard InChI is InChI=1S/C11H12N4O3S/c1-5-4-19-9(11(17)18-2)8(5)13-10(16)6-3-7(12)15-14-6/h3-4H,1-2H3,(H,13,16)(H3,12,14,15). The molecule has 0 bridgehead atoms. The number of carbonyl (C=O) groups is 2. The molecule has 0 spiro atoms. The lowest BCUT2D eigenvalue weighted by Crippen LogP contribution is -2.15. The Morgan fingerprint density at radius 2 is 2.26 bits per heavy atom. The molecule has 0 aliphatic heterocycles. The van der Waals surface area contributed by atoms with Gasteiger partial charge >= 0.3 is 5.97 Å². The molecule has 8 heteroatoms. The largest absolute Gasteiger partial charge is 0.465 e. The zero-order valence-electron chi connectivity index (χ0n) is 10.3. The molecule has 100 valence electrons. The van der Waals surface area contributed by atoms with E-state index in [1.54, 1.807) is 12.3 Å². The number of rotatable bonds is 3. The number of H-pyrrole nitrogens is 1. The second kappa shape index (κ2) is 5.11. The number of nitrogens with one attached hydrogen (secondary N) is 2. The second-order valence-corrected chi connectivity index (χ2v) is 4.65. The minimum absolute atomic E-state index is 0.221. The number of hydrogen-bond donors (Lipinski definition) is 3. The van der Waals surface area contributed by atoms with Crippen molar-refractivity contribution < 1.29 is 14.3 Å². The second-order valence-electron chi connectivity index (χ2n) is 3.78. The highest BCUT2D eigenvalue weighted by Gasteiger charge is 2.19. The van der Waals surface area contributed by atoms with E-state index in [-0.39, 0.29) is 11.5 Å². The number of hydrogen-bond acceptors (Lipinski definition) is 6. The van der Waals surface area contributed by atoms with Crippen molar-refractivity contribution in [3.05, 3.63) is 27.6 Å². The van der Waals surface area contributed by atoms with Crippen LogP contribution in [0.25, 0.3) is 0 Å². The van der Waals surface area contributed by atoms with Gasteiger partial charge in [-0.25, -0.2) is 4.79 Å². The first-order chi connectivity index (χ1) is 9.02. The molecular weight excluding hydrogens is 268 g/mol. The van der Waals surface area contributed by atoms with Gasteiger partial charge in [-0.1, -0.05) is 0 Å². The van der Waals surface area contributed by atoms with Crippen LogP contribution in [0.3, 0.4) is 0 Å². The molecule has 0 saturated carbocycles. The van der Waals surface area contributed by atoms with Gasteiger partial charge in [0.25, 0.3) is 5.91 Å². The van der Waals surface area contributed by atoms with Gasteiger partial charge in [0, 0.05) is 6.07 Å². The van der Waals surface area contributed by atoms with Crippen molar-refractivity contribution in [2.24, 2.45) is 0 Å². The lowest BCUT2D eigenvalue weighted by molar-refractivity contribution is 0.0607. The Kier molecular flexibility index (Phi) is 3.52. The average Bonchev–Trinajstić information content (AvgIpc) is 2.96. The zero-order valence-corrected chi connectivity index (χ0v) is 11.1. The monoisotopic (exact) mass is 280 g/mol. The fraction of sp³-hybridized carbons (Fsp3) is 0.182. The highest BCUT2D eigenvalue weighted by atomic mass is 32.1. The summed E-state index contributed by atoms with van der Waals surface area (Å²) in [5.41, 5.74) is 6.87. The van der Waals surface area contributed by atoms with Crippen LogP contribution in [-0.4, -0.2) is 29.2 Å². The third-order valence-electron chi connectivity index (χ3n) is 2.43. The Bertz CT molecular complexity index is 632. The molecule has 0 atom stereocenters. The zero-order chi connectivity index (χ0) is 14.0. The topological polar surface area (TPSA) is 110 Å². The number of esters is 1. The lowest BCUT2D eigenvalue weighted by atomic mass is 10.2. The quantitative estimate of drug-likeness (QED) is 0.736. The number of aromatic nitrogens is 2. The van der Waals surface area contributed by atoms with Gasteiger partial charge in [0.2, 0.25) is 0 Å². The number of nitrogens with two attached hydrogens (primary N) is 1. The van der Waals surface area contributed by atoms with Crippen molar-refractivity contribution in [3.8, 4) is 0 Å². The first-order valence-corrected chi connectivity index (χ1v) is 6.19. The van der Waals surface area contributed by atoms with Gasteiger partial charge in [-0.15, -0.1) is 11.3 Å². The Balaban J connectivity index is 2.26. The minimum atomic E-state index is -0.488. The number of ether oxygens (including phenoxy) is 1. The van der Waals surface area contributed by atoms with Crippen LogP contribution in [0.2, 0.25) is 0 Å². The summed E-state index contributed by atoms with van der Waals surface area (Å²) < 4.78 is 4.66. The molecule has 0 saturated heterocycles. The third-order valence-corrected chi connectivity index (χ3v) is 3.50. The summed E-state index contributed by atoms with van der Waals surface area (Å²) in [6.45, 7) is 1.79. The molecule has 2 aromatic rings. The van der Waals surface area contributed by atoms with E-state index in [0.29, 0.717) is 10.6 Å². The molecular formula is C11H12N4O3S. The Labute approximate surface area is 112 Å². The fourth-order valence-electron chi connectivity index (χ4n) is 1.48. The summed E-state index contributed by atoms with van der Waals surface area (Å²) in [5.74, 6) is -0.686. The van der Waals surface area contributed by atoms with Crippen molar-refractivity contribution in [2.75, 3.05) is 18.2 Å². The highest BCUT2D eigenvalue weighted by Crippen LogP contribution is 2.28. The Hall–Kier alpha value is -2.35. The molecule has 0 radical (unpaired) electrons. The van der Waals surface area contributed by atoms with Crippen LogP contribution < -0.4 is 11.1 Å². The molecule has 0 aromatic carbocycles. The van der Waals surface area contributed by atoms with E-state index in [4.69, 9.17) is 5.73 Å². The van der Waals surface area contributed by atoms with Crippen molar-refractivity contribution in [3.63, 3.8) is 0 Å². The average molecular weight is 280 g/mol. The third kappa shape index (κ3) is 2.58. The number of nitrogen functional groups attached to an aromatic ring is 1. The number of aromatic amines is 1. The van der Waals surface area contributed by atoms with Crippen molar-refractivity contribution in [2.45, 2.75) is 6.92 Å². The van der Waals surface area contributed by atoms with Crippen LogP contribution in [0.5, 0.6) is 0 Å². The van der Waals surface area contributed by atoms with Crippen LogP contribution in [0.1, 0.15) is 25.7 Å². The maximum absolute atomic E-state index is 12.0. The number of amides is 1. The van der Waals surface area contributed by atoms with Gasteiger partial charge in [0.05, 0.1) is 12.8 Å². The van der Waals surface area contributed by atoms with E-state index in [9.17, 15) is 9.59 Å². The highest BCUT2D eigenvalue weighted by molar-refractivity contribution is 7.12. The van der Waals surface area contributed by atoms with E-state index in [1.165, 1.54) is 24.5 Å². The normalized spacial score (nSPS) is 10.2. The van der Waals surface area contributed by atoms with Crippen molar-refractivity contribution >= 4 is 34.7 Å². The Morgan fingerprint density at radius 1 is 1.53 bits per heavy atom. The van der Waals surface area contributed by atoms with E-state index < -0.39 is 11.9 Å².